The normalized spacial score (nSPS) is 10.6. The molecule has 2 rings (SSSR count). The second-order valence-electron chi connectivity index (χ2n) is 4.29. The van der Waals surface area contributed by atoms with E-state index in [9.17, 15) is 9.18 Å². The third-order valence-corrected chi connectivity index (χ3v) is 3.09. The van der Waals surface area contributed by atoms with E-state index in [1.54, 1.807) is 6.33 Å². The van der Waals surface area contributed by atoms with Gasteiger partial charge in [-0.3, -0.25) is 4.79 Å². The molecule has 0 spiro atoms. The number of ketones is 1. The molecule has 1 heterocycles. The van der Waals surface area contributed by atoms with Crippen LogP contribution in [0.15, 0.2) is 30.6 Å². The lowest BCUT2D eigenvalue weighted by atomic mass is 10.1. The molecular formula is C14H15FN2O. The molecule has 0 aliphatic heterocycles. The highest BCUT2D eigenvalue weighted by molar-refractivity contribution is 5.95. The number of imidazole rings is 1. The minimum Gasteiger partial charge on any atom is -0.334 e. The molecular weight excluding hydrogens is 231 g/mol. The van der Waals surface area contributed by atoms with Crippen molar-refractivity contribution in [2.75, 3.05) is 0 Å². The number of nitrogens with zero attached hydrogens (tertiary/aromatic N) is 2. The van der Waals surface area contributed by atoms with Crippen molar-refractivity contribution in [3.05, 3.63) is 53.4 Å². The summed E-state index contributed by atoms with van der Waals surface area (Å²) in [5.74, 6) is -0.312. The minimum absolute atomic E-state index is 0.0146. The fourth-order valence-electron chi connectivity index (χ4n) is 1.77. The third kappa shape index (κ3) is 2.64. The smallest absolute Gasteiger partial charge is 0.164 e. The summed E-state index contributed by atoms with van der Waals surface area (Å²) in [6.45, 7) is 4.52. The van der Waals surface area contributed by atoms with Gasteiger partial charge in [0.1, 0.15) is 5.82 Å². The van der Waals surface area contributed by atoms with Gasteiger partial charge in [-0.1, -0.05) is 0 Å². The maximum atomic E-state index is 12.7. The summed E-state index contributed by atoms with van der Waals surface area (Å²) in [5, 5.41) is 0. The van der Waals surface area contributed by atoms with E-state index in [-0.39, 0.29) is 11.6 Å². The standard InChI is InChI=1S/C14H15FN2O/c1-10-11(2)17(9-16-10)8-7-14(18)12-3-5-13(15)6-4-12/h3-6,9H,7-8H2,1-2H3. The van der Waals surface area contributed by atoms with Gasteiger partial charge in [-0.15, -0.1) is 0 Å². The van der Waals surface area contributed by atoms with Crippen molar-refractivity contribution in [3.8, 4) is 0 Å². The summed E-state index contributed by atoms with van der Waals surface area (Å²) in [5.41, 5.74) is 2.59. The molecule has 4 heteroatoms. The number of rotatable bonds is 4. The Morgan fingerprint density at radius 3 is 2.50 bits per heavy atom. The van der Waals surface area contributed by atoms with E-state index in [2.05, 4.69) is 4.98 Å². The quantitative estimate of drug-likeness (QED) is 0.777. The maximum Gasteiger partial charge on any atom is 0.164 e. The number of aryl methyl sites for hydroxylation is 2. The number of Topliss-reactive ketones (excluding diaryl/α,β-unsaturated/α-hetero) is 1. The van der Waals surface area contributed by atoms with Crippen molar-refractivity contribution < 1.29 is 9.18 Å². The lowest BCUT2D eigenvalue weighted by Gasteiger charge is -2.05. The van der Waals surface area contributed by atoms with E-state index in [1.165, 1.54) is 24.3 Å². The van der Waals surface area contributed by atoms with Crippen LogP contribution in [0.4, 0.5) is 4.39 Å². The van der Waals surface area contributed by atoms with Gasteiger partial charge in [-0.05, 0) is 38.1 Å². The number of hydrogen-bond acceptors (Lipinski definition) is 2. The molecule has 0 saturated heterocycles. The monoisotopic (exact) mass is 246 g/mol. The van der Waals surface area contributed by atoms with E-state index in [4.69, 9.17) is 0 Å². The molecule has 0 atom stereocenters. The third-order valence-electron chi connectivity index (χ3n) is 3.09. The largest absolute Gasteiger partial charge is 0.334 e. The van der Waals surface area contributed by atoms with Crippen LogP contribution < -0.4 is 0 Å². The van der Waals surface area contributed by atoms with Crippen LogP contribution in [0.3, 0.4) is 0 Å². The van der Waals surface area contributed by atoms with Crippen molar-refractivity contribution in [1.29, 1.82) is 0 Å². The zero-order chi connectivity index (χ0) is 13.1. The molecule has 1 aromatic heterocycles. The highest BCUT2D eigenvalue weighted by Gasteiger charge is 2.08. The van der Waals surface area contributed by atoms with Crippen molar-refractivity contribution >= 4 is 5.78 Å². The zero-order valence-corrected chi connectivity index (χ0v) is 10.5. The summed E-state index contributed by atoms with van der Waals surface area (Å²) in [7, 11) is 0. The SMILES string of the molecule is Cc1ncn(CCC(=O)c2ccc(F)cc2)c1C. The average Bonchev–Trinajstić information content (AvgIpc) is 2.68. The number of halogens is 1. The van der Waals surface area contributed by atoms with E-state index in [0.29, 0.717) is 18.5 Å². The average molecular weight is 246 g/mol. The molecule has 0 aliphatic carbocycles. The topological polar surface area (TPSA) is 34.9 Å². The molecule has 0 aliphatic rings. The fourth-order valence-corrected chi connectivity index (χ4v) is 1.77. The first-order valence-corrected chi connectivity index (χ1v) is 5.85. The van der Waals surface area contributed by atoms with Crippen LogP contribution in [0.1, 0.15) is 28.2 Å². The molecule has 0 amide bonds. The van der Waals surface area contributed by atoms with Crippen molar-refractivity contribution in [2.24, 2.45) is 0 Å². The molecule has 0 bridgehead atoms. The Bertz CT molecular complexity index is 558. The van der Waals surface area contributed by atoms with Crippen LogP contribution in [0.2, 0.25) is 0 Å². The summed E-state index contributed by atoms with van der Waals surface area (Å²) in [4.78, 5) is 16.1. The first-order valence-electron chi connectivity index (χ1n) is 5.85. The van der Waals surface area contributed by atoms with Gasteiger partial charge in [0, 0.05) is 24.2 Å². The Morgan fingerprint density at radius 1 is 1.28 bits per heavy atom. The van der Waals surface area contributed by atoms with Crippen LogP contribution in [-0.2, 0) is 6.54 Å². The van der Waals surface area contributed by atoms with Crippen LogP contribution in [-0.4, -0.2) is 15.3 Å². The molecule has 2 aromatic rings. The molecule has 1 aromatic carbocycles. The summed E-state index contributed by atoms with van der Waals surface area (Å²) in [6.07, 6.45) is 2.13. The second kappa shape index (κ2) is 5.12. The predicted octanol–water partition coefficient (Wildman–Crippen LogP) is 2.91. The molecule has 3 nitrogen and oxygen atoms in total. The molecule has 18 heavy (non-hydrogen) atoms. The van der Waals surface area contributed by atoms with E-state index in [1.807, 2.05) is 18.4 Å². The minimum atomic E-state index is -0.326. The number of aromatic nitrogens is 2. The zero-order valence-electron chi connectivity index (χ0n) is 10.5. The van der Waals surface area contributed by atoms with Crippen molar-refractivity contribution in [1.82, 2.24) is 9.55 Å². The Kier molecular flexibility index (Phi) is 3.55. The second-order valence-corrected chi connectivity index (χ2v) is 4.29. The van der Waals surface area contributed by atoms with Crippen LogP contribution in [0.5, 0.6) is 0 Å². The lowest BCUT2D eigenvalue weighted by Crippen LogP contribution is -2.06. The van der Waals surface area contributed by atoms with Gasteiger partial charge in [-0.25, -0.2) is 9.37 Å². The molecule has 0 saturated carbocycles. The maximum absolute atomic E-state index is 12.7. The van der Waals surface area contributed by atoms with Crippen molar-refractivity contribution in [2.45, 2.75) is 26.8 Å². The van der Waals surface area contributed by atoms with Crippen molar-refractivity contribution in [3.63, 3.8) is 0 Å². The van der Waals surface area contributed by atoms with E-state index in [0.717, 1.165) is 11.4 Å². The highest BCUT2D eigenvalue weighted by atomic mass is 19.1. The number of benzene rings is 1. The summed E-state index contributed by atoms with van der Waals surface area (Å²) >= 11 is 0. The van der Waals surface area contributed by atoms with Crippen LogP contribution in [0.25, 0.3) is 0 Å². The molecule has 94 valence electrons. The van der Waals surface area contributed by atoms with Gasteiger partial charge >= 0.3 is 0 Å². The van der Waals surface area contributed by atoms with Gasteiger partial charge in [0.2, 0.25) is 0 Å². The summed E-state index contributed by atoms with van der Waals surface area (Å²) < 4.78 is 14.7. The Balaban J connectivity index is 2.00. The van der Waals surface area contributed by atoms with E-state index < -0.39 is 0 Å². The highest BCUT2D eigenvalue weighted by Crippen LogP contribution is 2.09. The number of hydrogen-bond donors (Lipinski definition) is 0. The molecule has 0 unspecified atom stereocenters. The Labute approximate surface area is 105 Å². The molecule has 0 radical (unpaired) electrons. The number of carbonyl (C=O) groups excluding carboxylic acids is 1. The van der Waals surface area contributed by atoms with Crippen LogP contribution >= 0.6 is 0 Å². The van der Waals surface area contributed by atoms with Gasteiger partial charge in [0.15, 0.2) is 5.78 Å². The Hall–Kier alpha value is -1.97. The number of carbonyl (C=O) groups is 1. The summed E-state index contributed by atoms with van der Waals surface area (Å²) in [6, 6.07) is 5.65. The first kappa shape index (κ1) is 12.5. The Morgan fingerprint density at radius 2 is 1.94 bits per heavy atom. The van der Waals surface area contributed by atoms with Crippen LogP contribution in [0, 0.1) is 19.7 Å². The lowest BCUT2D eigenvalue weighted by molar-refractivity contribution is 0.0977. The predicted molar refractivity (Wildman–Crippen MR) is 67.0 cm³/mol. The van der Waals surface area contributed by atoms with Gasteiger partial charge in [0.25, 0.3) is 0 Å². The van der Waals surface area contributed by atoms with Gasteiger partial charge < -0.3 is 4.57 Å². The van der Waals surface area contributed by atoms with E-state index >= 15 is 0 Å². The van der Waals surface area contributed by atoms with Gasteiger partial charge in [0.05, 0.1) is 12.0 Å². The first-order chi connectivity index (χ1) is 8.58. The molecule has 0 N–H and O–H groups in total. The van der Waals surface area contributed by atoms with Gasteiger partial charge in [-0.2, -0.15) is 0 Å². The molecule has 0 fully saturated rings. The fraction of sp³-hybridized carbons (Fsp3) is 0.286.